The van der Waals surface area contributed by atoms with Gasteiger partial charge in [-0.2, -0.15) is 4.98 Å². The fourth-order valence-electron chi connectivity index (χ4n) is 4.02. The number of phenolic OH excluding ortho intramolecular Hbond substituents is 1. The van der Waals surface area contributed by atoms with Crippen LogP contribution in [0.15, 0.2) is 55.1 Å². The molecule has 8 nitrogen and oxygen atoms in total. The number of phenols is 1. The molecule has 0 atom stereocenters. The fraction of sp³-hybridized carbons (Fsp3) is 0.273. The number of fused-ring (bicyclic) bond motifs is 1. The smallest absolute Gasteiger partial charge is 0.227 e. The number of anilines is 1. The number of nitrogens with zero attached hydrogens (tertiary/aromatic N) is 6. The molecule has 3 aromatic heterocycles. The van der Waals surface area contributed by atoms with E-state index in [1.165, 1.54) is 0 Å². The molecule has 0 aliphatic carbocycles. The van der Waals surface area contributed by atoms with E-state index in [1.54, 1.807) is 36.9 Å². The summed E-state index contributed by atoms with van der Waals surface area (Å²) in [5.41, 5.74) is 3.05. The molecule has 2 N–H and O–H groups in total. The Kier molecular flexibility index (Phi) is 4.36. The van der Waals surface area contributed by atoms with Gasteiger partial charge in [-0.15, -0.1) is 0 Å². The number of aromatic hydroxyl groups is 1. The van der Waals surface area contributed by atoms with Crippen LogP contribution in [0.25, 0.3) is 16.9 Å². The van der Waals surface area contributed by atoms with Gasteiger partial charge in [0.15, 0.2) is 5.65 Å². The maximum absolute atomic E-state index is 11.1. The summed E-state index contributed by atoms with van der Waals surface area (Å²) in [5.74, 6) is 0.797. The largest absolute Gasteiger partial charge is 0.508 e. The number of hydrogen-bond donors (Lipinski definition) is 2. The minimum atomic E-state index is -0.965. The zero-order valence-electron chi connectivity index (χ0n) is 16.6. The number of aromatic nitrogens is 5. The van der Waals surface area contributed by atoms with Crippen LogP contribution in [0.3, 0.4) is 0 Å². The van der Waals surface area contributed by atoms with Gasteiger partial charge in [0.05, 0.1) is 17.0 Å². The topological polar surface area (TPSA) is 100 Å². The molecule has 0 unspecified atom stereocenters. The summed E-state index contributed by atoms with van der Waals surface area (Å²) in [6.07, 6.45) is 6.29. The quantitative estimate of drug-likeness (QED) is 0.543. The van der Waals surface area contributed by atoms with Crippen LogP contribution in [-0.4, -0.2) is 47.8 Å². The van der Waals surface area contributed by atoms with Crippen LogP contribution < -0.4 is 4.90 Å². The number of aryl methyl sites for hydroxylation is 1. The predicted octanol–water partition coefficient (Wildman–Crippen LogP) is 2.71. The van der Waals surface area contributed by atoms with Gasteiger partial charge >= 0.3 is 0 Å². The third-order valence-corrected chi connectivity index (χ3v) is 5.76. The summed E-state index contributed by atoms with van der Waals surface area (Å²) < 4.78 is 1.93. The van der Waals surface area contributed by atoms with Gasteiger partial charge in [0.25, 0.3) is 0 Å². The lowest BCUT2D eigenvalue weighted by Gasteiger charge is -2.38. The Hall–Kier alpha value is -3.52. The summed E-state index contributed by atoms with van der Waals surface area (Å²) >= 11 is 0. The maximum Gasteiger partial charge on any atom is 0.227 e. The number of benzene rings is 1. The normalized spacial score (nSPS) is 16.1. The number of piperidine rings is 1. The van der Waals surface area contributed by atoms with Crippen molar-refractivity contribution in [2.24, 2.45) is 0 Å². The van der Waals surface area contributed by atoms with Crippen molar-refractivity contribution in [3.63, 3.8) is 0 Å². The highest BCUT2D eigenvalue weighted by atomic mass is 16.3. The summed E-state index contributed by atoms with van der Waals surface area (Å²) in [7, 11) is 0. The van der Waals surface area contributed by atoms with Crippen LogP contribution in [0.2, 0.25) is 0 Å². The standard InChI is InChI=1S/C22H22N6O2/c1-15-19-20(28(14-24-19)17-5-9-23-10-6-17)26-21(25-15)27-11-7-22(30,8-12-27)16-3-2-4-18(29)13-16/h2-6,9-10,13-14,29-30H,7-8,11-12H2,1H3. The second-order valence-corrected chi connectivity index (χ2v) is 7.67. The number of imidazole rings is 1. The number of pyridine rings is 1. The molecule has 30 heavy (non-hydrogen) atoms. The number of aliphatic hydroxyl groups is 1. The molecule has 1 aliphatic heterocycles. The summed E-state index contributed by atoms with van der Waals surface area (Å²) in [5, 5.41) is 20.9. The molecule has 0 bridgehead atoms. The van der Waals surface area contributed by atoms with Crippen LogP contribution in [-0.2, 0) is 5.60 Å². The van der Waals surface area contributed by atoms with Crippen LogP contribution in [0, 0.1) is 6.92 Å². The van der Waals surface area contributed by atoms with Crippen molar-refractivity contribution in [2.45, 2.75) is 25.4 Å². The zero-order chi connectivity index (χ0) is 20.7. The van der Waals surface area contributed by atoms with E-state index >= 15 is 0 Å². The van der Waals surface area contributed by atoms with Crippen molar-refractivity contribution in [3.05, 3.63) is 66.4 Å². The second-order valence-electron chi connectivity index (χ2n) is 7.67. The molecule has 1 fully saturated rings. The molecule has 5 rings (SSSR count). The Morgan fingerprint density at radius 1 is 1.03 bits per heavy atom. The van der Waals surface area contributed by atoms with E-state index < -0.39 is 5.60 Å². The first-order valence-electron chi connectivity index (χ1n) is 9.92. The van der Waals surface area contributed by atoms with Gasteiger partial charge in [-0.05, 0) is 49.6 Å². The first kappa shape index (κ1) is 18.5. The molecule has 0 saturated carbocycles. The lowest BCUT2D eigenvalue weighted by Crippen LogP contribution is -2.43. The molecule has 4 aromatic rings. The van der Waals surface area contributed by atoms with Gasteiger partial charge in [0, 0.05) is 25.5 Å². The molecule has 152 valence electrons. The minimum Gasteiger partial charge on any atom is -0.508 e. The van der Waals surface area contributed by atoms with E-state index in [2.05, 4.69) is 19.9 Å². The van der Waals surface area contributed by atoms with Gasteiger partial charge < -0.3 is 15.1 Å². The van der Waals surface area contributed by atoms with E-state index in [9.17, 15) is 10.2 Å². The van der Waals surface area contributed by atoms with E-state index in [0.29, 0.717) is 31.9 Å². The first-order valence-corrected chi connectivity index (χ1v) is 9.92. The third kappa shape index (κ3) is 3.15. The monoisotopic (exact) mass is 402 g/mol. The molecule has 1 aliphatic rings. The average Bonchev–Trinajstić information content (AvgIpc) is 3.20. The van der Waals surface area contributed by atoms with E-state index in [4.69, 9.17) is 4.98 Å². The lowest BCUT2D eigenvalue weighted by atomic mass is 9.84. The van der Waals surface area contributed by atoms with E-state index in [1.807, 2.05) is 29.7 Å². The number of rotatable bonds is 3. The van der Waals surface area contributed by atoms with Gasteiger partial charge in [0.1, 0.15) is 17.6 Å². The highest BCUT2D eigenvalue weighted by molar-refractivity contribution is 5.76. The SMILES string of the molecule is Cc1nc(N2CCC(O)(c3cccc(O)c3)CC2)nc2c1ncn2-c1ccncc1. The molecule has 0 amide bonds. The van der Waals surface area contributed by atoms with Crippen LogP contribution in [0.1, 0.15) is 24.1 Å². The predicted molar refractivity (Wildman–Crippen MR) is 113 cm³/mol. The lowest BCUT2D eigenvalue weighted by molar-refractivity contribution is 0.0113. The number of hydrogen-bond acceptors (Lipinski definition) is 7. The van der Waals surface area contributed by atoms with Crippen LogP contribution in [0.5, 0.6) is 5.75 Å². The van der Waals surface area contributed by atoms with Crippen molar-refractivity contribution >= 4 is 17.1 Å². The highest BCUT2D eigenvalue weighted by Gasteiger charge is 2.35. The molecule has 4 heterocycles. The third-order valence-electron chi connectivity index (χ3n) is 5.76. The maximum atomic E-state index is 11.1. The van der Waals surface area contributed by atoms with Gasteiger partial charge in [0.2, 0.25) is 5.95 Å². The molecule has 8 heteroatoms. The van der Waals surface area contributed by atoms with Gasteiger partial charge in [-0.1, -0.05) is 12.1 Å². The fourth-order valence-corrected chi connectivity index (χ4v) is 4.02. The second kappa shape index (κ2) is 7.07. The van der Waals surface area contributed by atoms with Crippen molar-refractivity contribution in [2.75, 3.05) is 18.0 Å². The zero-order valence-corrected chi connectivity index (χ0v) is 16.6. The van der Waals surface area contributed by atoms with Crippen molar-refractivity contribution < 1.29 is 10.2 Å². The molecule has 1 saturated heterocycles. The van der Waals surface area contributed by atoms with Crippen molar-refractivity contribution in [1.82, 2.24) is 24.5 Å². The Balaban J connectivity index is 1.45. The van der Waals surface area contributed by atoms with Crippen molar-refractivity contribution in [3.8, 4) is 11.4 Å². The molecule has 0 spiro atoms. The molecular formula is C22H22N6O2. The highest BCUT2D eigenvalue weighted by Crippen LogP contribution is 2.35. The summed E-state index contributed by atoms with van der Waals surface area (Å²) in [6, 6.07) is 10.7. The van der Waals surface area contributed by atoms with Crippen LogP contribution >= 0.6 is 0 Å². The van der Waals surface area contributed by atoms with E-state index in [0.717, 1.165) is 28.1 Å². The average molecular weight is 402 g/mol. The molecular weight excluding hydrogens is 380 g/mol. The van der Waals surface area contributed by atoms with Crippen molar-refractivity contribution in [1.29, 1.82) is 0 Å². The Bertz CT molecular complexity index is 1200. The van der Waals surface area contributed by atoms with E-state index in [-0.39, 0.29) is 5.75 Å². The van der Waals surface area contributed by atoms with Gasteiger partial charge in [-0.3, -0.25) is 9.55 Å². The summed E-state index contributed by atoms with van der Waals surface area (Å²) in [6.45, 7) is 3.16. The minimum absolute atomic E-state index is 0.164. The Morgan fingerprint density at radius 2 is 1.80 bits per heavy atom. The first-order chi connectivity index (χ1) is 14.5. The van der Waals surface area contributed by atoms with Gasteiger partial charge in [-0.25, -0.2) is 9.97 Å². The molecule has 0 radical (unpaired) electrons. The summed E-state index contributed by atoms with van der Waals surface area (Å²) in [4.78, 5) is 20.1. The Morgan fingerprint density at radius 3 is 2.53 bits per heavy atom. The Labute approximate surface area is 173 Å². The molecule has 1 aromatic carbocycles. The van der Waals surface area contributed by atoms with Crippen LogP contribution in [0.4, 0.5) is 5.95 Å².